The molecule has 0 rings (SSSR count). The Labute approximate surface area is 134 Å². The van der Waals surface area contributed by atoms with Crippen LogP contribution < -0.4 is 10.2 Å². The number of hydrogen-bond acceptors (Lipinski definition) is 8. The molecule has 4 N–H and O–H groups in total. The van der Waals surface area contributed by atoms with Crippen molar-refractivity contribution in [3.8, 4) is 0 Å². The minimum absolute atomic E-state index is 0. The van der Waals surface area contributed by atoms with Gasteiger partial charge in [0.15, 0.2) is 5.60 Å². The Hall–Kier alpha value is -2.17. The number of aliphatic carboxylic acids is 5. The third-order valence-corrected chi connectivity index (χ3v) is 1.29. The number of hydrogen-bond donors (Lipinski definition) is 4. The zero-order valence-electron chi connectivity index (χ0n) is 11.4. The average molecular weight is 365 g/mol. The van der Waals surface area contributed by atoms with Crippen molar-refractivity contribution in [3.05, 3.63) is 0 Å². The van der Waals surface area contributed by atoms with Crippen molar-refractivity contribution >= 4 is 29.8 Å². The summed E-state index contributed by atoms with van der Waals surface area (Å²) in [4.78, 5) is 48.3. The molecule has 12 heteroatoms. The van der Waals surface area contributed by atoms with Gasteiger partial charge in [-0.25, -0.2) is 4.79 Å². The predicted octanol–water partition coefficient (Wildman–Crippen LogP) is -3.74. The Morgan fingerprint density at radius 2 is 1.00 bits per heavy atom. The molecule has 0 aromatic heterocycles. The van der Waals surface area contributed by atoms with Crippen molar-refractivity contribution in [2.45, 2.75) is 32.3 Å². The standard InChI is InChI=1S/C6H8O7.2C2H4O2.Mn/c7-3(8)1-6(13,5(11)12)2-4(9)10;2*1-2(3)4;/h13H,1-2H2,(H,7,8)(H,9,10)(H,11,12);2*1H3,(H,3,4);/q;;;+2/p-2. The van der Waals surface area contributed by atoms with Gasteiger partial charge in [0.1, 0.15) is 0 Å². The van der Waals surface area contributed by atoms with Crippen LogP contribution in [0.1, 0.15) is 26.7 Å². The van der Waals surface area contributed by atoms with Gasteiger partial charge in [-0.05, 0) is 13.8 Å². The van der Waals surface area contributed by atoms with Crippen LogP contribution in [0.2, 0.25) is 0 Å². The average Bonchev–Trinajstić information content (AvgIpc) is 2.11. The summed E-state index contributed by atoms with van der Waals surface area (Å²) < 4.78 is 0. The fourth-order valence-corrected chi connectivity index (χ4v) is 0.714. The van der Waals surface area contributed by atoms with Gasteiger partial charge in [-0.3, -0.25) is 9.59 Å². The number of carbonyl (C=O) groups is 5. The quantitative estimate of drug-likeness (QED) is 0.347. The van der Waals surface area contributed by atoms with Crippen LogP contribution in [-0.2, 0) is 41.0 Å². The molecule has 22 heavy (non-hydrogen) atoms. The van der Waals surface area contributed by atoms with Crippen LogP contribution in [0, 0.1) is 0 Å². The fourth-order valence-electron chi connectivity index (χ4n) is 0.714. The second-order valence-corrected chi connectivity index (χ2v) is 3.46. The fraction of sp³-hybridized carbons (Fsp3) is 0.500. The third-order valence-electron chi connectivity index (χ3n) is 1.29. The summed E-state index contributed by atoms with van der Waals surface area (Å²) in [6.45, 7) is 1.94. The van der Waals surface area contributed by atoms with E-state index in [2.05, 4.69) is 0 Å². The van der Waals surface area contributed by atoms with Crippen LogP contribution in [0.15, 0.2) is 0 Å². The van der Waals surface area contributed by atoms with Gasteiger partial charge in [-0.1, -0.05) is 0 Å². The molecule has 0 aromatic rings. The molecule has 0 amide bonds. The van der Waals surface area contributed by atoms with E-state index >= 15 is 0 Å². The summed E-state index contributed by atoms with van der Waals surface area (Å²) in [7, 11) is 0. The van der Waals surface area contributed by atoms with Crippen LogP contribution in [0.5, 0.6) is 0 Å². The summed E-state index contributed by atoms with van der Waals surface area (Å²) >= 11 is 0. The van der Waals surface area contributed by atoms with Crippen LogP contribution in [0.3, 0.4) is 0 Å². The van der Waals surface area contributed by atoms with E-state index in [9.17, 15) is 14.4 Å². The molecule has 11 nitrogen and oxygen atoms in total. The Bertz CT molecular complexity index is 368. The number of carbonyl (C=O) groups excluding carboxylic acids is 2. The Kier molecular flexibility index (Phi) is 17.6. The molecule has 0 saturated carbocycles. The zero-order chi connectivity index (χ0) is 17.8. The summed E-state index contributed by atoms with van der Waals surface area (Å²) in [6.07, 6.45) is -2.29. The molecule has 0 atom stereocenters. The number of carboxylic acids is 5. The molecular weight excluding hydrogens is 351 g/mol. The molecule has 1 radical (unpaired) electrons. The summed E-state index contributed by atoms with van der Waals surface area (Å²) in [6, 6.07) is 0. The molecule has 0 heterocycles. The number of aliphatic hydroxyl groups is 1. The van der Waals surface area contributed by atoms with E-state index in [1.54, 1.807) is 0 Å². The molecule has 0 spiro atoms. The molecule has 0 saturated heterocycles. The molecule has 0 fully saturated rings. The minimum atomic E-state index is -2.74. The van der Waals surface area contributed by atoms with E-state index in [1.165, 1.54) is 0 Å². The molecule has 0 aromatic carbocycles. The minimum Gasteiger partial charge on any atom is -0.550 e. The van der Waals surface area contributed by atoms with Gasteiger partial charge < -0.3 is 40.2 Å². The Morgan fingerprint density at radius 1 is 0.818 bits per heavy atom. The summed E-state index contributed by atoms with van der Waals surface area (Å²) in [5, 5.41) is 51.6. The molecular formula is C10H14MnO11. The topological polar surface area (TPSA) is 212 Å². The third kappa shape index (κ3) is 26.4. The zero-order valence-corrected chi connectivity index (χ0v) is 12.6. The molecule has 0 aliphatic carbocycles. The van der Waals surface area contributed by atoms with Gasteiger partial charge in [0.2, 0.25) is 0 Å². The van der Waals surface area contributed by atoms with Crippen molar-refractivity contribution in [3.63, 3.8) is 0 Å². The Morgan fingerprint density at radius 3 is 1.09 bits per heavy atom. The second-order valence-electron chi connectivity index (χ2n) is 3.46. The van der Waals surface area contributed by atoms with E-state index in [0.717, 1.165) is 13.8 Å². The van der Waals surface area contributed by atoms with Crippen molar-refractivity contribution in [2.24, 2.45) is 0 Å². The van der Waals surface area contributed by atoms with Gasteiger partial charge in [0, 0.05) is 11.9 Å². The maximum atomic E-state index is 10.3. The molecule has 127 valence electrons. The smallest absolute Gasteiger partial charge is 0.550 e. The Balaban J connectivity index is -0.000000150. The van der Waals surface area contributed by atoms with E-state index in [4.69, 9.17) is 40.2 Å². The molecule has 0 aliphatic heterocycles. The first-order valence-electron chi connectivity index (χ1n) is 4.99. The van der Waals surface area contributed by atoms with E-state index < -0.39 is 48.3 Å². The van der Waals surface area contributed by atoms with Gasteiger partial charge in [-0.2, -0.15) is 0 Å². The monoisotopic (exact) mass is 365 g/mol. The largest absolute Gasteiger partial charge is 2.00 e. The van der Waals surface area contributed by atoms with Crippen molar-refractivity contribution < 1.29 is 71.7 Å². The van der Waals surface area contributed by atoms with Crippen LogP contribution in [-0.4, -0.2) is 55.9 Å². The van der Waals surface area contributed by atoms with Gasteiger partial charge in [0.25, 0.3) is 0 Å². The molecule has 0 bridgehead atoms. The van der Waals surface area contributed by atoms with Crippen molar-refractivity contribution in [1.82, 2.24) is 0 Å². The van der Waals surface area contributed by atoms with Crippen molar-refractivity contribution in [1.29, 1.82) is 0 Å². The first kappa shape index (κ1) is 28.1. The second kappa shape index (κ2) is 13.8. The molecule has 0 aliphatic rings. The van der Waals surface area contributed by atoms with Crippen LogP contribution in [0.25, 0.3) is 0 Å². The van der Waals surface area contributed by atoms with E-state index in [0.29, 0.717) is 0 Å². The maximum Gasteiger partial charge on any atom is 2.00 e. The number of rotatable bonds is 5. The summed E-state index contributed by atoms with van der Waals surface area (Å²) in [5.41, 5.74) is -2.74. The number of carboxylic acid groups (broad SMARTS) is 5. The normalized spacial score (nSPS) is 8.68. The van der Waals surface area contributed by atoms with E-state index in [-0.39, 0.29) is 17.1 Å². The van der Waals surface area contributed by atoms with Gasteiger partial charge in [-0.15, -0.1) is 0 Å². The van der Waals surface area contributed by atoms with Crippen LogP contribution in [0.4, 0.5) is 0 Å². The summed E-state index contributed by atoms with van der Waals surface area (Å²) in [5.74, 6) is -7.19. The SMILES string of the molecule is CC(=O)[O-].CC(=O)[O-].O=C(O)CC(O)(CC(=O)O)C(=O)O.[Mn+2]. The van der Waals surface area contributed by atoms with Crippen LogP contribution >= 0.6 is 0 Å². The van der Waals surface area contributed by atoms with Gasteiger partial charge in [0.05, 0.1) is 12.8 Å². The maximum absolute atomic E-state index is 10.3. The van der Waals surface area contributed by atoms with Gasteiger partial charge >= 0.3 is 35.0 Å². The first-order chi connectivity index (χ1) is 9.24. The van der Waals surface area contributed by atoms with Crippen molar-refractivity contribution in [2.75, 3.05) is 0 Å². The predicted molar refractivity (Wildman–Crippen MR) is 58.5 cm³/mol. The van der Waals surface area contributed by atoms with E-state index in [1.807, 2.05) is 0 Å². The first-order valence-corrected chi connectivity index (χ1v) is 4.99. The molecule has 0 unspecified atom stereocenters.